The predicted octanol–water partition coefficient (Wildman–Crippen LogP) is 1.40. The lowest BCUT2D eigenvalue weighted by Crippen LogP contribution is -2.54. The molecule has 0 saturated heterocycles. The molecule has 0 aromatic heterocycles. The Morgan fingerprint density at radius 3 is 2.00 bits per heavy atom. The van der Waals surface area contributed by atoms with Gasteiger partial charge in [0.25, 0.3) is 11.8 Å². The number of hydrogen-bond acceptors (Lipinski definition) is 4. The van der Waals surface area contributed by atoms with E-state index in [0.717, 1.165) is 0 Å². The molecule has 0 radical (unpaired) electrons. The van der Waals surface area contributed by atoms with Gasteiger partial charge in [0, 0.05) is 12.5 Å². The molecule has 132 valence electrons. The fraction of sp³-hybridized carbons (Fsp3) is 0.471. The molecule has 1 aromatic carbocycles. The van der Waals surface area contributed by atoms with Crippen molar-refractivity contribution in [2.24, 2.45) is 5.92 Å². The second kappa shape index (κ2) is 8.90. The first-order chi connectivity index (χ1) is 11.2. The van der Waals surface area contributed by atoms with Gasteiger partial charge in [0.1, 0.15) is 11.8 Å². The van der Waals surface area contributed by atoms with Crippen LogP contribution in [0.15, 0.2) is 24.3 Å². The van der Waals surface area contributed by atoms with Crippen molar-refractivity contribution < 1.29 is 19.1 Å². The Labute approximate surface area is 142 Å². The smallest absolute Gasteiger partial charge is 0.269 e. The second-order valence-electron chi connectivity index (χ2n) is 6.06. The van der Waals surface area contributed by atoms with E-state index in [2.05, 4.69) is 16.2 Å². The molecule has 7 nitrogen and oxygen atoms in total. The van der Waals surface area contributed by atoms with Gasteiger partial charge in [0.05, 0.1) is 6.10 Å². The molecule has 0 aliphatic rings. The van der Waals surface area contributed by atoms with E-state index in [-0.39, 0.29) is 17.9 Å². The van der Waals surface area contributed by atoms with E-state index < -0.39 is 17.9 Å². The van der Waals surface area contributed by atoms with Gasteiger partial charge in [0.2, 0.25) is 5.91 Å². The summed E-state index contributed by atoms with van der Waals surface area (Å²) in [5.41, 5.74) is 5.05. The zero-order chi connectivity index (χ0) is 18.3. The molecule has 1 atom stereocenters. The summed E-state index contributed by atoms with van der Waals surface area (Å²) < 4.78 is 5.50. The number of rotatable bonds is 6. The number of carbonyl (C=O) groups is 3. The third-order valence-corrected chi connectivity index (χ3v) is 3.10. The van der Waals surface area contributed by atoms with E-state index >= 15 is 0 Å². The van der Waals surface area contributed by atoms with Crippen molar-refractivity contribution in [2.45, 2.75) is 46.8 Å². The van der Waals surface area contributed by atoms with E-state index in [4.69, 9.17) is 4.74 Å². The van der Waals surface area contributed by atoms with Gasteiger partial charge in [-0.3, -0.25) is 25.2 Å². The van der Waals surface area contributed by atoms with Gasteiger partial charge in [-0.1, -0.05) is 13.8 Å². The van der Waals surface area contributed by atoms with E-state index in [1.165, 1.54) is 6.92 Å². The Bertz CT molecular complexity index is 582. The topological polar surface area (TPSA) is 96.5 Å². The van der Waals surface area contributed by atoms with Crippen LogP contribution in [0.3, 0.4) is 0 Å². The Kier molecular flexibility index (Phi) is 7.23. The summed E-state index contributed by atoms with van der Waals surface area (Å²) in [6.45, 7) is 8.76. The molecule has 0 fully saturated rings. The van der Waals surface area contributed by atoms with Crippen molar-refractivity contribution in [1.82, 2.24) is 16.2 Å². The summed E-state index contributed by atoms with van der Waals surface area (Å²) >= 11 is 0. The summed E-state index contributed by atoms with van der Waals surface area (Å²) in [6.07, 6.45) is 0.0470. The molecule has 0 aliphatic carbocycles. The van der Waals surface area contributed by atoms with Gasteiger partial charge in [-0.2, -0.15) is 0 Å². The quantitative estimate of drug-likeness (QED) is 0.685. The van der Waals surface area contributed by atoms with Crippen molar-refractivity contribution in [3.63, 3.8) is 0 Å². The fourth-order valence-electron chi connectivity index (χ4n) is 1.98. The number of ether oxygens (including phenoxy) is 1. The molecule has 0 unspecified atom stereocenters. The molecule has 3 amide bonds. The van der Waals surface area contributed by atoms with Crippen molar-refractivity contribution >= 4 is 17.7 Å². The lowest BCUT2D eigenvalue weighted by Gasteiger charge is -2.21. The molecule has 3 N–H and O–H groups in total. The third kappa shape index (κ3) is 6.28. The predicted molar refractivity (Wildman–Crippen MR) is 90.3 cm³/mol. The third-order valence-electron chi connectivity index (χ3n) is 3.10. The summed E-state index contributed by atoms with van der Waals surface area (Å²) in [6, 6.07) is 5.86. The first-order valence-electron chi connectivity index (χ1n) is 7.84. The summed E-state index contributed by atoms with van der Waals surface area (Å²) in [5.74, 6) is -0.691. The van der Waals surface area contributed by atoms with Crippen molar-refractivity contribution in [3.8, 4) is 5.75 Å². The minimum atomic E-state index is -0.718. The van der Waals surface area contributed by atoms with E-state index in [1.54, 1.807) is 38.1 Å². The zero-order valence-electron chi connectivity index (χ0n) is 14.7. The number of hydrazine groups is 1. The number of nitrogens with one attached hydrogen (secondary N) is 3. The van der Waals surface area contributed by atoms with E-state index in [9.17, 15) is 14.4 Å². The summed E-state index contributed by atoms with van der Waals surface area (Å²) in [7, 11) is 0. The molecule has 0 saturated carbocycles. The van der Waals surface area contributed by atoms with Gasteiger partial charge in [-0.15, -0.1) is 0 Å². The van der Waals surface area contributed by atoms with Crippen LogP contribution in [0.25, 0.3) is 0 Å². The van der Waals surface area contributed by atoms with Gasteiger partial charge in [0.15, 0.2) is 0 Å². The molecular weight excluding hydrogens is 310 g/mol. The minimum Gasteiger partial charge on any atom is -0.491 e. The average molecular weight is 335 g/mol. The maximum atomic E-state index is 12.1. The Balaban J connectivity index is 2.61. The van der Waals surface area contributed by atoms with Crippen LogP contribution in [-0.4, -0.2) is 29.9 Å². The highest BCUT2D eigenvalue weighted by atomic mass is 16.5. The number of amides is 3. The molecule has 7 heteroatoms. The first kappa shape index (κ1) is 19.5. The first-order valence-corrected chi connectivity index (χ1v) is 7.84. The van der Waals surface area contributed by atoms with Gasteiger partial charge >= 0.3 is 0 Å². The fourth-order valence-corrected chi connectivity index (χ4v) is 1.98. The molecule has 1 rings (SSSR count). The van der Waals surface area contributed by atoms with Crippen LogP contribution in [0.5, 0.6) is 5.75 Å². The van der Waals surface area contributed by atoms with Crippen LogP contribution in [-0.2, 0) is 9.59 Å². The SMILES string of the molecule is CC(=O)N[C@H](C(=O)NNC(=O)c1ccc(OC(C)C)cc1)C(C)C. The Hall–Kier alpha value is -2.57. The lowest BCUT2D eigenvalue weighted by atomic mass is 10.0. The van der Waals surface area contributed by atoms with Crippen molar-refractivity contribution in [3.05, 3.63) is 29.8 Å². The molecule has 0 aliphatic heterocycles. The van der Waals surface area contributed by atoms with Crippen LogP contribution >= 0.6 is 0 Å². The summed E-state index contributed by atoms with van der Waals surface area (Å²) in [4.78, 5) is 35.3. The molecule has 0 spiro atoms. The number of benzene rings is 1. The van der Waals surface area contributed by atoms with Gasteiger partial charge in [-0.25, -0.2) is 0 Å². The average Bonchev–Trinajstić information content (AvgIpc) is 2.49. The van der Waals surface area contributed by atoms with Crippen LogP contribution in [0.2, 0.25) is 0 Å². The normalized spacial score (nSPS) is 11.8. The molecule has 24 heavy (non-hydrogen) atoms. The largest absolute Gasteiger partial charge is 0.491 e. The Morgan fingerprint density at radius 1 is 0.958 bits per heavy atom. The minimum absolute atomic E-state index is 0.0470. The molecule has 0 heterocycles. The van der Waals surface area contributed by atoms with Crippen LogP contribution < -0.4 is 20.9 Å². The van der Waals surface area contributed by atoms with Crippen LogP contribution in [0, 0.1) is 5.92 Å². The highest BCUT2D eigenvalue weighted by Crippen LogP contribution is 2.13. The Morgan fingerprint density at radius 2 is 1.54 bits per heavy atom. The van der Waals surface area contributed by atoms with Gasteiger partial charge < -0.3 is 10.1 Å². The number of carbonyl (C=O) groups excluding carboxylic acids is 3. The monoisotopic (exact) mass is 335 g/mol. The van der Waals surface area contributed by atoms with Crippen molar-refractivity contribution in [1.29, 1.82) is 0 Å². The lowest BCUT2D eigenvalue weighted by molar-refractivity contribution is -0.129. The van der Waals surface area contributed by atoms with E-state index in [0.29, 0.717) is 11.3 Å². The van der Waals surface area contributed by atoms with Crippen LogP contribution in [0.4, 0.5) is 0 Å². The molecular formula is C17H25N3O4. The molecule has 0 bridgehead atoms. The zero-order valence-corrected chi connectivity index (χ0v) is 14.7. The maximum absolute atomic E-state index is 12.1. The highest BCUT2D eigenvalue weighted by molar-refractivity contribution is 5.96. The van der Waals surface area contributed by atoms with Gasteiger partial charge in [-0.05, 0) is 44.0 Å². The summed E-state index contributed by atoms with van der Waals surface area (Å²) in [5, 5.41) is 2.55. The molecule has 1 aromatic rings. The van der Waals surface area contributed by atoms with Crippen molar-refractivity contribution in [2.75, 3.05) is 0 Å². The second-order valence-corrected chi connectivity index (χ2v) is 6.06. The highest BCUT2D eigenvalue weighted by Gasteiger charge is 2.23. The van der Waals surface area contributed by atoms with Crippen LogP contribution in [0.1, 0.15) is 45.0 Å². The maximum Gasteiger partial charge on any atom is 0.269 e. The van der Waals surface area contributed by atoms with E-state index in [1.807, 2.05) is 13.8 Å². The number of hydrogen-bond donors (Lipinski definition) is 3. The standard InChI is InChI=1S/C17H25N3O4/c1-10(2)15(18-12(5)21)17(23)20-19-16(22)13-6-8-14(9-7-13)24-11(3)4/h6-11,15H,1-5H3,(H,18,21)(H,19,22)(H,20,23)/t15-/m0/s1.